The molecule has 0 radical (unpaired) electrons. The molecule has 9 nitrogen and oxygen atoms in total. The predicted octanol–water partition coefficient (Wildman–Crippen LogP) is 2.91. The maximum atomic E-state index is 13.2. The summed E-state index contributed by atoms with van der Waals surface area (Å²) in [6.45, 7) is 4.72. The lowest BCUT2D eigenvalue weighted by molar-refractivity contribution is -0.116. The van der Waals surface area contributed by atoms with Crippen LogP contribution in [0.5, 0.6) is 5.75 Å². The number of benzene rings is 2. The van der Waals surface area contributed by atoms with Gasteiger partial charge in [-0.2, -0.15) is 4.31 Å². The maximum absolute atomic E-state index is 13.2. The van der Waals surface area contributed by atoms with Gasteiger partial charge in [0, 0.05) is 24.8 Å². The lowest BCUT2D eigenvalue weighted by Gasteiger charge is -2.34. The second kappa shape index (κ2) is 9.03. The van der Waals surface area contributed by atoms with Gasteiger partial charge in [-0.3, -0.25) is 9.36 Å². The van der Waals surface area contributed by atoms with Crippen molar-refractivity contribution in [3.8, 4) is 5.75 Å². The summed E-state index contributed by atoms with van der Waals surface area (Å²) in [7, 11) is -2.17. The highest BCUT2D eigenvalue weighted by atomic mass is 32.2. The minimum Gasteiger partial charge on any atom is -0.497 e. The molecule has 0 spiro atoms. The van der Waals surface area contributed by atoms with Gasteiger partial charge in [0.2, 0.25) is 15.9 Å². The van der Waals surface area contributed by atoms with Gasteiger partial charge in [0.1, 0.15) is 12.3 Å². The molecule has 1 aromatic heterocycles. The molecule has 0 saturated carbocycles. The number of hydrogen-bond acceptors (Lipinski definition) is 6. The number of carbonyl (C=O) groups is 1. The third-order valence-corrected chi connectivity index (χ3v) is 7.62. The van der Waals surface area contributed by atoms with Crippen LogP contribution in [0.1, 0.15) is 20.3 Å². The first kappa shape index (κ1) is 23.1. The Morgan fingerprint density at radius 1 is 1.12 bits per heavy atom. The summed E-state index contributed by atoms with van der Waals surface area (Å²) in [5.74, 6) is 0.0536. The van der Waals surface area contributed by atoms with E-state index in [0.29, 0.717) is 30.0 Å². The van der Waals surface area contributed by atoms with Crippen molar-refractivity contribution in [3.63, 3.8) is 0 Å². The van der Waals surface area contributed by atoms with Gasteiger partial charge in [0.05, 0.1) is 17.5 Å². The number of carbonyl (C=O) groups excluding carboxylic acids is 1. The van der Waals surface area contributed by atoms with E-state index >= 15 is 0 Å². The monoisotopic (exact) mass is 473 g/mol. The van der Waals surface area contributed by atoms with Gasteiger partial charge in [-0.05, 0) is 54.7 Å². The summed E-state index contributed by atoms with van der Waals surface area (Å²) in [6.07, 6.45) is 0.987. The molecule has 1 saturated heterocycles. The molecule has 1 amide bonds. The lowest BCUT2D eigenvalue weighted by atomic mass is 9.94. The number of amides is 1. The Bertz CT molecular complexity index is 1320. The lowest BCUT2D eigenvalue weighted by Crippen LogP contribution is -2.42. The van der Waals surface area contributed by atoms with Gasteiger partial charge in [-0.1, -0.05) is 13.8 Å². The number of rotatable bonds is 6. The van der Waals surface area contributed by atoms with Crippen molar-refractivity contribution in [3.05, 3.63) is 53.0 Å². The molecule has 1 N–H and O–H groups in total. The number of fused-ring (bicyclic) bond motifs is 1. The molecule has 10 heteroatoms. The molecule has 1 aliphatic heterocycles. The largest absolute Gasteiger partial charge is 0.497 e. The fourth-order valence-corrected chi connectivity index (χ4v) is 6.02. The summed E-state index contributed by atoms with van der Waals surface area (Å²) in [6, 6.07) is 11.1. The third-order valence-electron chi connectivity index (χ3n) is 5.79. The van der Waals surface area contributed by atoms with Crippen LogP contribution in [0.4, 0.5) is 5.69 Å². The van der Waals surface area contributed by atoms with Crippen LogP contribution in [0.15, 0.2) is 56.6 Å². The number of piperidine rings is 1. The highest BCUT2D eigenvalue weighted by molar-refractivity contribution is 7.89. The highest BCUT2D eigenvalue weighted by Gasteiger charge is 2.32. The van der Waals surface area contributed by atoms with Gasteiger partial charge < -0.3 is 14.5 Å². The van der Waals surface area contributed by atoms with Gasteiger partial charge >= 0.3 is 5.76 Å². The summed E-state index contributed by atoms with van der Waals surface area (Å²) in [5.41, 5.74) is 1.03. The first-order chi connectivity index (χ1) is 15.7. The Labute approximate surface area is 192 Å². The number of hydrogen-bond donors (Lipinski definition) is 1. The quantitative estimate of drug-likeness (QED) is 0.589. The van der Waals surface area contributed by atoms with Crippen molar-refractivity contribution in [2.75, 3.05) is 25.5 Å². The fourth-order valence-electron chi connectivity index (χ4n) is 4.33. The van der Waals surface area contributed by atoms with E-state index in [2.05, 4.69) is 5.32 Å². The summed E-state index contributed by atoms with van der Waals surface area (Å²) < 4.78 is 39.4. The number of nitrogens with zero attached hydrogens (tertiary/aromatic N) is 2. The molecule has 4 rings (SSSR count). The van der Waals surface area contributed by atoms with Crippen LogP contribution in [-0.4, -0.2) is 43.4 Å². The average molecular weight is 474 g/mol. The van der Waals surface area contributed by atoms with Crippen molar-refractivity contribution in [1.82, 2.24) is 8.87 Å². The van der Waals surface area contributed by atoms with Crippen LogP contribution in [0, 0.1) is 11.8 Å². The molecule has 2 atom stereocenters. The zero-order valence-electron chi connectivity index (χ0n) is 18.8. The molecule has 0 unspecified atom stereocenters. The number of oxazole rings is 1. The third kappa shape index (κ3) is 4.81. The Morgan fingerprint density at radius 2 is 1.79 bits per heavy atom. The first-order valence-electron chi connectivity index (χ1n) is 10.7. The standard InChI is InChI=1S/C23H27N3O6S/c1-15-10-16(2)13-25(12-15)33(29,30)19-8-9-20-21(11-19)32-23(28)26(20)14-22(27)24-17-4-6-18(31-3)7-5-17/h4-9,11,15-16H,10,12-14H2,1-3H3,(H,24,27)/t15-,16-/m0/s1. The van der Waals surface area contributed by atoms with Crippen molar-refractivity contribution in [1.29, 1.82) is 0 Å². The van der Waals surface area contributed by atoms with Gasteiger partial charge in [0.15, 0.2) is 5.58 Å². The molecular formula is C23H27N3O6S. The number of ether oxygens (including phenoxy) is 1. The Hall–Kier alpha value is -3.11. The van der Waals surface area contributed by atoms with E-state index in [1.165, 1.54) is 27.1 Å². The molecule has 3 aromatic rings. The maximum Gasteiger partial charge on any atom is 0.420 e. The first-order valence-corrected chi connectivity index (χ1v) is 12.2. The molecule has 33 heavy (non-hydrogen) atoms. The van der Waals surface area contributed by atoms with Crippen molar-refractivity contribution in [2.24, 2.45) is 11.8 Å². The van der Waals surface area contributed by atoms with Gasteiger partial charge in [-0.15, -0.1) is 0 Å². The van der Waals surface area contributed by atoms with E-state index in [-0.39, 0.29) is 28.9 Å². The molecule has 1 aliphatic rings. The molecule has 1 fully saturated rings. The van der Waals surface area contributed by atoms with Crippen molar-refractivity contribution in [2.45, 2.75) is 31.7 Å². The van der Waals surface area contributed by atoms with E-state index in [4.69, 9.17) is 9.15 Å². The summed E-state index contributed by atoms with van der Waals surface area (Å²) in [5, 5.41) is 2.71. The minimum atomic E-state index is -3.72. The van der Waals surface area contributed by atoms with Gasteiger partial charge in [-0.25, -0.2) is 13.2 Å². The predicted molar refractivity (Wildman–Crippen MR) is 124 cm³/mol. The van der Waals surface area contributed by atoms with E-state index < -0.39 is 21.7 Å². The number of methoxy groups -OCH3 is 1. The number of nitrogens with one attached hydrogen (secondary N) is 1. The average Bonchev–Trinajstić information content (AvgIpc) is 3.07. The van der Waals surface area contributed by atoms with Crippen LogP contribution in [0.2, 0.25) is 0 Å². The molecule has 0 aliphatic carbocycles. The molecule has 0 bridgehead atoms. The molecular weight excluding hydrogens is 446 g/mol. The molecule has 176 valence electrons. The van der Waals surface area contributed by atoms with Crippen LogP contribution >= 0.6 is 0 Å². The topological polar surface area (TPSA) is 111 Å². The number of sulfonamides is 1. The Morgan fingerprint density at radius 3 is 2.42 bits per heavy atom. The van der Waals surface area contributed by atoms with E-state index in [0.717, 1.165) is 6.42 Å². The van der Waals surface area contributed by atoms with Crippen LogP contribution in [-0.2, 0) is 21.4 Å². The highest BCUT2D eigenvalue weighted by Crippen LogP contribution is 2.28. The second-order valence-electron chi connectivity index (χ2n) is 8.63. The SMILES string of the molecule is COc1ccc(NC(=O)Cn2c(=O)oc3cc(S(=O)(=O)N4C[C@@H](C)C[C@H](C)C4)ccc32)cc1. The molecule has 2 heterocycles. The normalized spacial score (nSPS) is 19.5. The smallest absolute Gasteiger partial charge is 0.420 e. The number of anilines is 1. The van der Waals surface area contributed by atoms with Crippen molar-refractivity contribution >= 4 is 32.7 Å². The second-order valence-corrected chi connectivity index (χ2v) is 10.6. The van der Waals surface area contributed by atoms with Crippen LogP contribution in [0.25, 0.3) is 11.1 Å². The van der Waals surface area contributed by atoms with Crippen LogP contribution in [0.3, 0.4) is 0 Å². The Balaban J connectivity index is 1.56. The van der Waals surface area contributed by atoms with Crippen molar-refractivity contribution < 1.29 is 22.4 Å². The van der Waals surface area contributed by atoms with E-state index in [1.807, 2.05) is 13.8 Å². The van der Waals surface area contributed by atoms with E-state index in [9.17, 15) is 18.0 Å². The van der Waals surface area contributed by atoms with E-state index in [1.54, 1.807) is 31.4 Å². The summed E-state index contributed by atoms with van der Waals surface area (Å²) >= 11 is 0. The zero-order chi connectivity index (χ0) is 23.8. The molecule has 2 aromatic carbocycles. The van der Waals surface area contributed by atoms with Crippen LogP contribution < -0.4 is 15.8 Å². The minimum absolute atomic E-state index is 0.0693. The Kier molecular flexibility index (Phi) is 6.31. The summed E-state index contributed by atoms with van der Waals surface area (Å²) in [4.78, 5) is 24.9. The number of aromatic nitrogens is 1. The van der Waals surface area contributed by atoms with Gasteiger partial charge in [0.25, 0.3) is 0 Å². The fraction of sp³-hybridized carbons (Fsp3) is 0.391. The zero-order valence-corrected chi connectivity index (χ0v) is 19.6.